The molecule has 0 aliphatic rings. The van der Waals surface area contributed by atoms with Crippen LogP contribution in [0.3, 0.4) is 0 Å². The Kier molecular flexibility index (Phi) is 4.99. The standard InChI is InChI=1S/C14H16F3N5O/c1-18-6-7-21(2)13(23)12-9-22(20-19-12)11-5-3-4-10(8-11)14(15,16)17/h3-5,8-9,18H,6-7H2,1-2H3. The Morgan fingerprint density at radius 1 is 1.39 bits per heavy atom. The van der Waals surface area contributed by atoms with Gasteiger partial charge in [-0.1, -0.05) is 11.3 Å². The predicted molar refractivity (Wildman–Crippen MR) is 77.2 cm³/mol. The SMILES string of the molecule is CNCCN(C)C(=O)c1cn(-c2cccc(C(F)(F)F)c2)nn1. The lowest BCUT2D eigenvalue weighted by Crippen LogP contribution is -2.33. The van der Waals surface area contributed by atoms with Gasteiger partial charge in [0, 0.05) is 20.1 Å². The van der Waals surface area contributed by atoms with E-state index < -0.39 is 11.7 Å². The number of nitrogens with zero attached hydrogens (tertiary/aromatic N) is 4. The molecule has 0 unspecified atom stereocenters. The number of hydrogen-bond acceptors (Lipinski definition) is 4. The Hall–Kier alpha value is -2.42. The number of hydrogen-bond donors (Lipinski definition) is 1. The summed E-state index contributed by atoms with van der Waals surface area (Å²) in [5.41, 5.74) is -0.533. The fourth-order valence-electron chi connectivity index (χ4n) is 1.89. The van der Waals surface area contributed by atoms with Gasteiger partial charge in [-0.05, 0) is 25.2 Å². The summed E-state index contributed by atoms with van der Waals surface area (Å²) in [6.45, 7) is 1.09. The van der Waals surface area contributed by atoms with Crippen molar-refractivity contribution in [3.63, 3.8) is 0 Å². The Balaban J connectivity index is 2.21. The Labute approximate surface area is 130 Å². The number of likely N-dealkylation sites (N-methyl/N-ethyl adjacent to an activating group) is 2. The van der Waals surface area contributed by atoms with Gasteiger partial charge in [0.05, 0.1) is 17.4 Å². The second-order valence-electron chi connectivity index (χ2n) is 4.93. The monoisotopic (exact) mass is 327 g/mol. The summed E-state index contributed by atoms with van der Waals surface area (Å²) in [6.07, 6.45) is -3.13. The van der Waals surface area contributed by atoms with Crippen LogP contribution in [0.5, 0.6) is 0 Å². The van der Waals surface area contributed by atoms with Gasteiger partial charge in [-0.2, -0.15) is 13.2 Å². The average molecular weight is 327 g/mol. The summed E-state index contributed by atoms with van der Waals surface area (Å²) in [7, 11) is 3.38. The van der Waals surface area contributed by atoms with Crippen molar-refractivity contribution < 1.29 is 18.0 Å². The van der Waals surface area contributed by atoms with E-state index in [4.69, 9.17) is 0 Å². The molecule has 0 aliphatic carbocycles. The molecular weight excluding hydrogens is 311 g/mol. The van der Waals surface area contributed by atoms with Crippen LogP contribution in [0.4, 0.5) is 13.2 Å². The quantitative estimate of drug-likeness (QED) is 0.906. The molecule has 1 heterocycles. The highest BCUT2D eigenvalue weighted by atomic mass is 19.4. The van der Waals surface area contributed by atoms with Crippen molar-refractivity contribution in [2.24, 2.45) is 0 Å². The molecule has 1 aromatic heterocycles. The molecule has 6 nitrogen and oxygen atoms in total. The summed E-state index contributed by atoms with van der Waals surface area (Å²) in [4.78, 5) is 13.6. The Morgan fingerprint density at radius 2 is 2.13 bits per heavy atom. The maximum absolute atomic E-state index is 12.7. The molecule has 23 heavy (non-hydrogen) atoms. The zero-order chi connectivity index (χ0) is 17.0. The first kappa shape index (κ1) is 16.9. The van der Waals surface area contributed by atoms with Crippen LogP contribution < -0.4 is 5.32 Å². The van der Waals surface area contributed by atoms with Crippen LogP contribution in [-0.4, -0.2) is 53.0 Å². The van der Waals surface area contributed by atoms with Gasteiger partial charge in [0.15, 0.2) is 5.69 Å². The van der Waals surface area contributed by atoms with Crippen LogP contribution in [0.15, 0.2) is 30.5 Å². The number of nitrogens with one attached hydrogen (secondary N) is 1. The molecule has 0 radical (unpaired) electrons. The van der Waals surface area contributed by atoms with Gasteiger partial charge in [-0.3, -0.25) is 4.79 Å². The third kappa shape index (κ3) is 4.07. The minimum atomic E-state index is -4.44. The topological polar surface area (TPSA) is 63.1 Å². The van der Waals surface area contributed by atoms with Crippen molar-refractivity contribution in [2.45, 2.75) is 6.18 Å². The summed E-state index contributed by atoms with van der Waals surface area (Å²) in [5, 5.41) is 10.4. The maximum Gasteiger partial charge on any atom is 0.416 e. The summed E-state index contributed by atoms with van der Waals surface area (Å²) < 4.78 is 39.3. The van der Waals surface area contributed by atoms with Gasteiger partial charge >= 0.3 is 6.18 Å². The number of carbonyl (C=O) groups excluding carboxylic acids is 1. The molecule has 124 valence electrons. The molecular formula is C14H16F3N5O. The van der Waals surface area contributed by atoms with Crippen molar-refractivity contribution >= 4 is 5.91 Å². The predicted octanol–water partition coefficient (Wildman–Crippen LogP) is 1.58. The van der Waals surface area contributed by atoms with Crippen LogP contribution in [0, 0.1) is 0 Å². The largest absolute Gasteiger partial charge is 0.416 e. The van der Waals surface area contributed by atoms with E-state index in [2.05, 4.69) is 15.6 Å². The van der Waals surface area contributed by atoms with E-state index in [-0.39, 0.29) is 17.3 Å². The van der Waals surface area contributed by atoms with Gasteiger partial charge in [0.1, 0.15) is 0 Å². The van der Waals surface area contributed by atoms with Crippen LogP contribution in [0.2, 0.25) is 0 Å². The minimum absolute atomic E-state index is 0.0704. The molecule has 2 rings (SSSR count). The molecule has 0 fully saturated rings. The van der Waals surface area contributed by atoms with Crippen LogP contribution in [0.25, 0.3) is 5.69 Å². The van der Waals surface area contributed by atoms with Crippen LogP contribution in [-0.2, 0) is 6.18 Å². The highest BCUT2D eigenvalue weighted by Crippen LogP contribution is 2.30. The van der Waals surface area contributed by atoms with E-state index in [1.54, 1.807) is 14.1 Å². The van der Waals surface area contributed by atoms with E-state index in [1.807, 2.05) is 0 Å². The molecule has 0 atom stereocenters. The van der Waals surface area contributed by atoms with Crippen molar-refractivity contribution in [2.75, 3.05) is 27.2 Å². The lowest BCUT2D eigenvalue weighted by molar-refractivity contribution is -0.137. The van der Waals surface area contributed by atoms with Gasteiger partial charge in [0.25, 0.3) is 5.91 Å². The molecule has 9 heteroatoms. The number of amides is 1. The van der Waals surface area contributed by atoms with E-state index in [0.29, 0.717) is 13.1 Å². The van der Waals surface area contributed by atoms with Gasteiger partial charge < -0.3 is 10.2 Å². The number of halogens is 3. The van der Waals surface area contributed by atoms with Crippen LogP contribution in [0.1, 0.15) is 16.1 Å². The second kappa shape index (κ2) is 6.78. The first-order valence-corrected chi connectivity index (χ1v) is 6.83. The Bertz CT molecular complexity index is 683. The summed E-state index contributed by atoms with van der Waals surface area (Å²) in [5.74, 6) is -0.349. The number of benzene rings is 1. The van der Waals surface area contributed by atoms with E-state index >= 15 is 0 Å². The number of alkyl halides is 3. The maximum atomic E-state index is 12.7. The molecule has 0 saturated heterocycles. The normalized spacial score (nSPS) is 11.5. The zero-order valence-corrected chi connectivity index (χ0v) is 12.6. The van der Waals surface area contributed by atoms with Crippen molar-refractivity contribution in [1.29, 1.82) is 0 Å². The number of carbonyl (C=O) groups is 1. The van der Waals surface area contributed by atoms with Crippen molar-refractivity contribution in [3.05, 3.63) is 41.7 Å². The molecule has 2 aromatic rings. The van der Waals surface area contributed by atoms with Crippen molar-refractivity contribution in [1.82, 2.24) is 25.2 Å². The molecule has 1 aromatic carbocycles. The van der Waals surface area contributed by atoms with Crippen molar-refractivity contribution in [3.8, 4) is 5.69 Å². The van der Waals surface area contributed by atoms with E-state index in [0.717, 1.165) is 16.8 Å². The third-order valence-corrected chi connectivity index (χ3v) is 3.19. The third-order valence-electron chi connectivity index (χ3n) is 3.19. The lowest BCUT2D eigenvalue weighted by Gasteiger charge is -2.14. The molecule has 1 N–H and O–H groups in total. The lowest BCUT2D eigenvalue weighted by atomic mass is 10.2. The average Bonchev–Trinajstić information content (AvgIpc) is 3.01. The van der Waals surface area contributed by atoms with Gasteiger partial charge in [0.2, 0.25) is 0 Å². The molecule has 0 spiro atoms. The molecule has 0 saturated carbocycles. The summed E-state index contributed by atoms with van der Waals surface area (Å²) >= 11 is 0. The molecule has 0 bridgehead atoms. The number of aromatic nitrogens is 3. The molecule has 1 amide bonds. The smallest absolute Gasteiger partial charge is 0.339 e. The Morgan fingerprint density at radius 3 is 2.78 bits per heavy atom. The highest BCUT2D eigenvalue weighted by Gasteiger charge is 2.30. The van der Waals surface area contributed by atoms with Crippen LogP contribution >= 0.6 is 0 Å². The van der Waals surface area contributed by atoms with E-state index in [9.17, 15) is 18.0 Å². The van der Waals surface area contributed by atoms with E-state index in [1.165, 1.54) is 23.2 Å². The first-order chi connectivity index (χ1) is 10.8. The van der Waals surface area contributed by atoms with Gasteiger partial charge in [-0.15, -0.1) is 5.10 Å². The van der Waals surface area contributed by atoms with Gasteiger partial charge in [-0.25, -0.2) is 4.68 Å². The molecule has 0 aliphatic heterocycles. The number of rotatable bonds is 5. The fourth-order valence-corrected chi connectivity index (χ4v) is 1.89. The second-order valence-corrected chi connectivity index (χ2v) is 4.93. The summed E-state index contributed by atoms with van der Waals surface area (Å²) in [6, 6.07) is 4.66. The first-order valence-electron chi connectivity index (χ1n) is 6.83. The fraction of sp³-hybridized carbons (Fsp3) is 0.357. The zero-order valence-electron chi connectivity index (χ0n) is 12.6. The highest BCUT2D eigenvalue weighted by molar-refractivity contribution is 5.91. The minimum Gasteiger partial charge on any atom is -0.339 e.